The van der Waals surface area contributed by atoms with Crippen molar-refractivity contribution in [1.82, 2.24) is 5.32 Å². The fourth-order valence-corrected chi connectivity index (χ4v) is 1.48. The maximum Gasteiger partial charge on any atom is 0.332 e. The first-order valence-corrected chi connectivity index (χ1v) is 3.71. The van der Waals surface area contributed by atoms with Crippen LogP contribution in [0.25, 0.3) is 0 Å². The van der Waals surface area contributed by atoms with E-state index < -0.39 is 5.54 Å². The number of ether oxygens (including phenoxy) is 1. The Kier molecular flexibility index (Phi) is 1.19. The normalized spacial score (nSPS) is 27.3. The summed E-state index contributed by atoms with van der Waals surface area (Å²) in [7, 11) is 0. The molecule has 0 radical (unpaired) electrons. The van der Waals surface area contributed by atoms with Crippen LogP contribution in [0.4, 0.5) is 0 Å². The second kappa shape index (κ2) is 1.96. The molecule has 1 amide bonds. The van der Waals surface area contributed by atoms with E-state index in [4.69, 9.17) is 4.74 Å². The van der Waals surface area contributed by atoms with Crippen LogP contribution >= 0.6 is 0 Å². The van der Waals surface area contributed by atoms with Crippen LogP contribution in [-0.2, 0) is 14.3 Å². The van der Waals surface area contributed by atoms with Crippen molar-refractivity contribution in [2.24, 2.45) is 0 Å². The number of morpholine rings is 1. The topological polar surface area (TPSA) is 55.4 Å². The highest BCUT2D eigenvalue weighted by Crippen LogP contribution is 2.34. The van der Waals surface area contributed by atoms with E-state index in [9.17, 15) is 9.59 Å². The molecule has 0 atom stereocenters. The highest BCUT2D eigenvalue weighted by molar-refractivity contribution is 5.94. The van der Waals surface area contributed by atoms with Crippen LogP contribution in [0.3, 0.4) is 0 Å². The molecule has 0 aromatic heterocycles. The highest BCUT2D eigenvalue weighted by atomic mass is 16.5. The predicted octanol–water partition coefficient (Wildman–Crippen LogP) is -0.418. The van der Waals surface area contributed by atoms with Crippen molar-refractivity contribution in [2.75, 3.05) is 6.61 Å². The van der Waals surface area contributed by atoms with Gasteiger partial charge in [0, 0.05) is 0 Å². The molecule has 1 aliphatic heterocycles. The number of hydrogen-bond donors (Lipinski definition) is 1. The van der Waals surface area contributed by atoms with E-state index in [-0.39, 0.29) is 18.5 Å². The molecule has 2 rings (SSSR count). The Hall–Kier alpha value is -1.06. The van der Waals surface area contributed by atoms with Crippen LogP contribution < -0.4 is 5.32 Å². The third kappa shape index (κ3) is 0.818. The third-order valence-electron chi connectivity index (χ3n) is 2.31. The average molecular weight is 155 g/mol. The van der Waals surface area contributed by atoms with Gasteiger partial charge in [-0.05, 0) is 19.3 Å². The molecule has 1 aliphatic carbocycles. The largest absolute Gasteiger partial charge is 0.454 e. The quantitative estimate of drug-likeness (QED) is 0.483. The molecule has 60 valence electrons. The lowest BCUT2D eigenvalue weighted by molar-refractivity contribution is -0.168. The number of amides is 1. The van der Waals surface area contributed by atoms with Crippen molar-refractivity contribution in [3.8, 4) is 0 Å². The molecule has 4 nitrogen and oxygen atoms in total. The van der Waals surface area contributed by atoms with Gasteiger partial charge >= 0.3 is 5.97 Å². The lowest BCUT2D eigenvalue weighted by Crippen LogP contribution is -2.64. The summed E-state index contributed by atoms with van der Waals surface area (Å²) in [4.78, 5) is 21.9. The van der Waals surface area contributed by atoms with Gasteiger partial charge < -0.3 is 10.1 Å². The molecule has 0 unspecified atom stereocenters. The Labute approximate surface area is 63.9 Å². The van der Waals surface area contributed by atoms with Crippen LogP contribution in [0.2, 0.25) is 0 Å². The minimum absolute atomic E-state index is 0.111. The van der Waals surface area contributed by atoms with Gasteiger partial charge in [-0.3, -0.25) is 4.79 Å². The molecule has 4 heteroatoms. The predicted molar refractivity (Wildman–Crippen MR) is 35.7 cm³/mol. The second-order valence-electron chi connectivity index (χ2n) is 3.06. The van der Waals surface area contributed by atoms with E-state index >= 15 is 0 Å². The first-order chi connectivity index (χ1) is 5.23. The number of cyclic esters (lactones) is 1. The van der Waals surface area contributed by atoms with E-state index in [0.717, 1.165) is 19.3 Å². The van der Waals surface area contributed by atoms with Gasteiger partial charge in [0.1, 0.15) is 5.54 Å². The number of rotatable bonds is 0. The van der Waals surface area contributed by atoms with Crippen molar-refractivity contribution >= 4 is 11.9 Å². The molecule has 11 heavy (non-hydrogen) atoms. The Morgan fingerprint density at radius 2 is 2.09 bits per heavy atom. The number of carbonyl (C=O) groups is 2. The standard InChI is InChI=1S/C7H9NO3/c9-5-4-11-6(10)7(8-5)2-1-3-7/h1-4H2,(H,8,9). The molecule has 2 fully saturated rings. The average Bonchev–Trinajstić information content (AvgIpc) is 1.91. The second-order valence-corrected chi connectivity index (χ2v) is 3.06. The Morgan fingerprint density at radius 3 is 2.55 bits per heavy atom. The number of hydrogen-bond acceptors (Lipinski definition) is 3. The summed E-state index contributed by atoms with van der Waals surface area (Å²) in [6, 6.07) is 0. The van der Waals surface area contributed by atoms with Crippen molar-refractivity contribution in [2.45, 2.75) is 24.8 Å². The fourth-order valence-electron chi connectivity index (χ4n) is 1.48. The number of nitrogens with one attached hydrogen (secondary N) is 1. The van der Waals surface area contributed by atoms with Crippen molar-refractivity contribution in [1.29, 1.82) is 0 Å². The van der Waals surface area contributed by atoms with Gasteiger partial charge in [0.15, 0.2) is 6.61 Å². The third-order valence-corrected chi connectivity index (χ3v) is 2.31. The molecule has 1 N–H and O–H groups in total. The Morgan fingerprint density at radius 1 is 1.36 bits per heavy atom. The van der Waals surface area contributed by atoms with E-state index in [0.29, 0.717) is 0 Å². The van der Waals surface area contributed by atoms with Gasteiger partial charge in [-0.25, -0.2) is 4.79 Å². The first kappa shape index (κ1) is 6.64. The Balaban J connectivity index is 2.16. The summed E-state index contributed by atoms with van der Waals surface area (Å²) in [5.74, 6) is -0.437. The fraction of sp³-hybridized carbons (Fsp3) is 0.714. The summed E-state index contributed by atoms with van der Waals surface area (Å²) in [5, 5.41) is 2.67. The highest BCUT2D eigenvalue weighted by Gasteiger charge is 2.49. The van der Waals surface area contributed by atoms with Gasteiger partial charge in [-0.1, -0.05) is 0 Å². The number of esters is 1. The van der Waals surface area contributed by atoms with Crippen LogP contribution in [0.5, 0.6) is 0 Å². The van der Waals surface area contributed by atoms with Crippen LogP contribution in [-0.4, -0.2) is 24.0 Å². The monoisotopic (exact) mass is 155 g/mol. The zero-order chi connectivity index (χ0) is 7.90. The summed E-state index contributed by atoms with van der Waals surface area (Å²) in [6.45, 7) is -0.111. The smallest absolute Gasteiger partial charge is 0.332 e. The lowest BCUT2D eigenvalue weighted by atomic mass is 9.76. The first-order valence-electron chi connectivity index (χ1n) is 3.71. The molecule has 0 bridgehead atoms. The molecule has 0 aromatic rings. The summed E-state index contributed by atoms with van der Waals surface area (Å²) >= 11 is 0. The van der Waals surface area contributed by atoms with Crippen molar-refractivity contribution in [3.05, 3.63) is 0 Å². The summed E-state index contributed by atoms with van der Waals surface area (Å²) in [6.07, 6.45) is 2.46. The van der Waals surface area contributed by atoms with Gasteiger partial charge in [-0.15, -0.1) is 0 Å². The Bertz CT molecular complexity index is 220. The molecule has 1 spiro atoms. The minimum Gasteiger partial charge on any atom is -0.454 e. The van der Waals surface area contributed by atoms with Crippen LogP contribution in [0, 0.1) is 0 Å². The maximum absolute atomic E-state index is 11.1. The van der Waals surface area contributed by atoms with E-state index in [1.54, 1.807) is 0 Å². The molecular formula is C7H9NO3. The van der Waals surface area contributed by atoms with E-state index in [1.807, 2.05) is 0 Å². The zero-order valence-electron chi connectivity index (χ0n) is 6.05. The molecule has 0 aromatic carbocycles. The van der Waals surface area contributed by atoms with E-state index in [2.05, 4.69) is 5.32 Å². The summed E-state index contributed by atoms with van der Waals surface area (Å²) < 4.78 is 4.70. The van der Waals surface area contributed by atoms with Gasteiger partial charge in [0.2, 0.25) is 0 Å². The zero-order valence-corrected chi connectivity index (χ0v) is 6.05. The van der Waals surface area contributed by atoms with Gasteiger partial charge in [0.25, 0.3) is 5.91 Å². The van der Waals surface area contributed by atoms with Gasteiger partial charge in [0.05, 0.1) is 0 Å². The van der Waals surface area contributed by atoms with Crippen LogP contribution in [0.15, 0.2) is 0 Å². The molecular weight excluding hydrogens is 146 g/mol. The molecule has 2 aliphatic rings. The number of carbonyl (C=O) groups excluding carboxylic acids is 2. The molecule has 1 saturated carbocycles. The van der Waals surface area contributed by atoms with Crippen molar-refractivity contribution in [3.63, 3.8) is 0 Å². The molecule has 1 saturated heterocycles. The maximum atomic E-state index is 11.1. The van der Waals surface area contributed by atoms with Crippen molar-refractivity contribution < 1.29 is 14.3 Å². The van der Waals surface area contributed by atoms with E-state index in [1.165, 1.54) is 0 Å². The van der Waals surface area contributed by atoms with Gasteiger partial charge in [-0.2, -0.15) is 0 Å². The SMILES string of the molecule is O=C1COC(=O)C2(CCC2)N1. The lowest BCUT2D eigenvalue weighted by Gasteiger charge is -2.42. The van der Waals surface area contributed by atoms with Crippen LogP contribution in [0.1, 0.15) is 19.3 Å². The molecule has 1 heterocycles. The summed E-state index contributed by atoms with van der Waals surface area (Å²) in [5.41, 5.74) is -0.630. The minimum atomic E-state index is -0.630.